The smallest absolute Gasteiger partial charge is 0.242 e. The maximum Gasteiger partial charge on any atom is 0.242 e. The zero-order valence-corrected chi connectivity index (χ0v) is 12.7. The molecule has 0 spiro atoms. The lowest BCUT2D eigenvalue weighted by Crippen LogP contribution is -2.37. The molecule has 1 aromatic carbocycles. The van der Waals surface area contributed by atoms with E-state index in [9.17, 15) is 4.79 Å². The number of anilines is 1. The molecule has 21 heavy (non-hydrogen) atoms. The molecule has 1 N–H and O–H groups in total. The fourth-order valence-electron chi connectivity index (χ4n) is 2.58. The van der Waals surface area contributed by atoms with Crippen LogP contribution in [0.3, 0.4) is 0 Å². The molecular weight excluding hydrogens is 286 g/mol. The number of carbonyl (C=O) groups is 1. The number of rotatable bonds is 5. The van der Waals surface area contributed by atoms with Crippen LogP contribution >= 0.6 is 11.6 Å². The molecule has 1 saturated carbocycles. The lowest BCUT2D eigenvalue weighted by atomic mass is 10.2. The average molecular weight is 304 g/mol. The summed E-state index contributed by atoms with van der Waals surface area (Å²) in [6, 6.07) is 7.94. The van der Waals surface area contributed by atoms with Crippen molar-refractivity contribution in [3.63, 3.8) is 0 Å². The summed E-state index contributed by atoms with van der Waals surface area (Å²) in [5.74, 6) is 0.138. The van der Waals surface area contributed by atoms with Gasteiger partial charge in [-0.05, 0) is 44.0 Å². The predicted octanol–water partition coefficient (Wildman–Crippen LogP) is 3.31. The summed E-state index contributed by atoms with van der Waals surface area (Å²) in [5.41, 5.74) is 1.64. The number of pyridine rings is 1. The number of nitrogens with one attached hydrogen (secondary N) is 1. The van der Waals surface area contributed by atoms with Crippen molar-refractivity contribution < 1.29 is 4.79 Å². The Morgan fingerprint density at radius 2 is 2.24 bits per heavy atom. The van der Waals surface area contributed by atoms with Crippen LogP contribution in [0.4, 0.5) is 5.69 Å². The minimum atomic E-state index is 0.138. The molecule has 3 rings (SSSR count). The van der Waals surface area contributed by atoms with Gasteiger partial charge < -0.3 is 10.2 Å². The third kappa shape index (κ3) is 2.95. The van der Waals surface area contributed by atoms with Crippen LogP contribution in [-0.2, 0) is 4.79 Å². The summed E-state index contributed by atoms with van der Waals surface area (Å²) in [6.07, 6.45) is 3.99. The van der Waals surface area contributed by atoms with Crippen LogP contribution in [0.2, 0.25) is 5.02 Å². The standard InChI is InChI=1S/C16H18ClN3O/c1-2-20(11-5-6-11)15(21)10-19-14-8-7-13(17)12-4-3-9-18-16(12)14/h3-4,7-9,11,19H,2,5-6,10H2,1H3. The van der Waals surface area contributed by atoms with E-state index < -0.39 is 0 Å². The van der Waals surface area contributed by atoms with E-state index in [4.69, 9.17) is 11.6 Å². The van der Waals surface area contributed by atoms with Crippen LogP contribution in [0.25, 0.3) is 10.9 Å². The second-order valence-electron chi connectivity index (χ2n) is 5.26. The van der Waals surface area contributed by atoms with E-state index in [1.807, 2.05) is 36.1 Å². The number of carbonyl (C=O) groups excluding carboxylic acids is 1. The first-order chi connectivity index (χ1) is 10.2. The highest BCUT2D eigenvalue weighted by Gasteiger charge is 2.30. The molecule has 0 saturated heterocycles. The SMILES string of the molecule is CCN(C(=O)CNc1ccc(Cl)c2cccnc12)C1CC1. The molecule has 0 radical (unpaired) electrons. The van der Waals surface area contributed by atoms with Crippen LogP contribution in [0.15, 0.2) is 30.5 Å². The molecule has 1 heterocycles. The molecule has 1 amide bonds. The number of aromatic nitrogens is 1. The number of likely N-dealkylation sites (N-methyl/N-ethyl adjacent to an activating group) is 1. The monoisotopic (exact) mass is 303 g/mol. The molecular formula is C16H18ClN3O. The third-order valence-electron chi connectivity index (χ3n) is 3.80. The van der Waals surface area contributed by atoms with Gasteiger partial charge in [0.2, 0.25) is 5.91 Å². The van der Waals surface area contributed by atoms with Crippen molar-refractivity contribution in [2.75, 3.05) is 18.4 Å². The van der Waals surface area contributed by atoms with Gasteiger partial charge in [-0.15, -0.1) is 0 Å². The van der Waals surface area contributed by atoms with E-state index in [-0.39, 0.29) is 12.5 Å². The van der Waals surface area contributed by atoms with Crippen LogP contribution in [0.5, 0.6) is 0 Å². The fraction of sp³-hybridized carbons (Fsp3) is 0.375. The summed E-state index contributed by atoms with van der Waals surface area (Å²) in [4.78, 5) is 18.6. The van der Waals surface area contributed by atoms with E-state index in [2.05, 4.69) is 10.3 Å². The second-order valence-corrected chi connectivity index (χ2v) is 5.67. The van der Waals surface area contributed by atoms with Crippen molar-refractivity contribution in [1.82, 2.24) is 9.88 Å². The lowest BCUT2D eigenvalue weighted by molar-refractivity contribution is -0.129. The molecule has 0 unspecified atom stereocenters. The minimum absolute atomic E-state index is 0.138. The summed E-state index contributed by atoms with van der Waals surface area (Å²) in [7, 11) is 0. The third-order valence-corrected chi connectivity index (χ3v) is 4.12. The highest BCUT2D eigenvalue weighted by atomic mass is 35.5. The molecule has 0 atom stereocenters. The summed E-state index contributed by atoms with van der Waals surface area (Å²) in [6.45, 7) is 3.08. The highest BCUT2D eigenvalue weighted by molar-refractivity contribution is 6.35. The van der Waals surface area contributed by atoms with Crippen LogP contribution in [0, 0.1) is 0 Å². The number of hydrogen-bond donors (Lipinski definition) is 1. The number of halogens is 1. The van der Waals surface area contributed by atoms with Gasteiger partial charge >= 0.3 is 0 Å². The van der Waals surface area contributed by atoms with Crippen molar-refractivity contribution in [2.24, 2.45) is 0 Å². The van der Waals surface area contributed by atoms with Gasteiger partial charge in [-0.2, -0.15) is 0 Å². The Balaban J connectivity index is 1.76. The number of amides is 1. The highest BCUT2D eigenvalue weighted by Crippen LogP contribution is 2.29. The Morgan fingerprint density at radius 3 is 2.95 bits per heavy atom. The van der Waals surface area contributed by atoms with E-state index in [0.29, 0.717) is 11.1 Å². The largest absolute Gasteiger partial charge is 0.374 e. The van der Waals surface area contributed by atoms with Gasteiger partial charge in [-0.25, -0.2) is 0 Å². The second kappa shape index (κ2) is 5.90. The summed E-state index contributed by atoms with van der Waals surface area (Å²) < 4.78 is 0. The Morgan fingerprint density at radius 1 is 1.43 bits per heavy atom. The predicted molar refractivity (Wildman–Crippen MR) is 85.7 cm³/mol. The molecule has 1 aliphatic rings. The maximum absolute atomic E-state index is 12.2. The van der Waals surface area contributed by atoms with Gasteiger partial charge in [-0.1, -0.05) is 11.6 Å². The molecule has 1 aliphatic carbocycles. The Labute approximate surface area is 129 Å². The van der Waals surface area contributed by atoms with Gasteiger partial charge in [-0.3, -0.25) is 9.78 Å². The molecule has 1 aromatic heterocycles. The Kier molecular flexibility index (Phi) is 3.97. The zero-order chi connectivity index (χ0) is 14.8. The van der Waals surface area contributed by atoms with Crippen molar-refractivity contribution in [1.29, 1.82) is 0 Å². The number of hydrogen-bond acceptors (Lipinski definition) is 3. The first-order valence-electron chi connectivity index (χ1n) is 7.27. The van der Waals surface area contributed by atoms with Crippen LogP contribution in [-0.4, -0.2) is 34.9 Å². The molecule has 0 aliphatic heterocycles. The fourth-order valence-corrected chi connectivity index (χ4v) is 2.79. The normalized spacial score (nSPS) is 14.2. The molecule has 1 fully saturated rings. The molecule has 2 aromatic rings. The molecule has 110 valence electrons. The van der Waals surface area contributed by atoms with E-state index in [1.165, 1.54) is 0 Å². The molecule has 4 nitrogen and oxygen atoms in total. The maximum atomic E-state index is 12.2. The van der Waals surface area contributed by atoms with Gasteiger partial charge in [0.25, 0.3) is 0 Å². The number of fused-ring (bicyclic) bond motifs is 1. The molecule has 0 bridgehead atoms. The van der Waals surface area contributed by atoms with Crippen molar-refractivity contribution in [3.8, 4) is 0 Å². The van der Waals surface area contributed by atoms with Crippen molar-refractivity contribution in [3.05, 3.63) is 35.5 Å². The Bertz CT molecular complexity index is 670. The summed E-state index contributed by atoms with van der Waals surface area (Å²) in [5, 5.41) is 4.76. The van der Waals surface area contributed by atoms with Gasteiger partial charge in [0.1, 0.15) is 0 Å². The van der Waals surface area contributed by atoms with Crippen molar-refractivity contribution >= 4 is 34.1 Å². The molecule has 5 heteroatoms. The van der Waals surface area contributed by atoms with Gasteiger partial charge in [0.05, 0.1) is 22.8 Å². The number of benzene rings is 1. The van der Waals surface area contributed by atoms with Crippen LogP contribution < -0.4 is 5.32 Å². The van der Waals surface area contributed by atoms with Crippen molar-refractivity contribution in [2.45, 2.75) is 25.8 Å². The first kappa shape index (κ1) is 14.1. The van der Waals surface area contributed by atoms with Gasteiger partial charge in [0.15, 0.2) is 0 Å². The zero-order valence-electron chi connectivity index (χ0n) is 12.0. The average Bonchev–Trinajstić information content (AvgIpc) is 3.32. The first-order valence-corrected chi connectivity index (χ1v) is 7.65. The minimum Gasteiger partial charge on any atom is -0.374 e. The lowest BCUT2D eigenvalue weighted by Gasteiger charge is -2.21. The van der Waals surface area contributed by atoms with E-state index in [1.54, 1.807) is 6.20 Å². The quantitative estimate of drug-likeness (QED) is 0.921. The van der Waals surface area contributed by atoms with E-state index >= 15 is 0 Å². The van der Waals surface area contributed by atoms with E-state index in [0.717, 1.165) is 36.0 Å². The van der Waals surface area contributed by atoms with Gasteiger partial charge in [0, 0.05) is 24.2 Å². The topological polar surface area (TPSA) is 45.2 Å². The van der Waals surface area contributed by atoms with Crippen LogP contribution in [0.1, 0.15) is 19.8 Å². The Hall–Kier alpha value is -1.81. The number of nitrogens with zero attached hydrogens (tertiary/aromatic N) is 2. The summed E-state index contributed by atoms with van der Waals surface area (Å²) >= 11 is 6.17.